The molecule has 0 saturated heterocycles. The minimum absolute atomic E-state index is 0.00586. The van der Waals surface area contributed by atoms with Gasteiger partial charge in [-0.05, 0) is 79.1 Å². The summed E-state index contributed by atoms with van der Waals surface area (Å²) in [6, 6.07) is 0. The van der Waals surface area contributed by atoms with Gasteiger partial charge in [-0.15, -0.1) is 0 Å². The number of carbonyl (C=O) groups excluding carboxylic acids is 2. The van der Waals surface area contributed by atoms with Crippen LogP contribution in [0.5, 0.6) is 0 Å². The molecule has 0 aliphatic rings. The Bertz CT molecular complexity index is 751. The van der Waals surface area contributed by atoms with Crippen LogP contribution in [0.4, 0.5) is 0 Å². The molecule has 2 unspecified atom stereocenters. The average Bonchev–Trinajstić information content (AvgIpc) is 3.06. The van der Waals surface area contributed by atoms with Crippen molar-refractivity contribution in [2.45, 2.75) is 265 Å². The minimum atomic E-state index is -0.474. The first-order valence-corrected chi connectivity index (χ1v) is 21.8. The van der Waals surface area contributed by atoms with E-state index < -0.39 is 5.60 Å². The van der Waals surface area contributed by atoms with Crippen LogP contribution in [0.3, 0.4) is 0 Å². The molecule has 0 spiro atoms. The molecule has 1 N–H and O–H groups in total. The Balaban J connectivity index is 3.94. The van der Waals surface area contributed by atoms with E-state index in [1.54, 1.807) is 0 Å². The van der Waals surface area contributed by atoms with Crippen molar-refractivity contribution in [2.75, 3.05) is 6.61 Å². The lowest BCUT2D eigenvalue weighted by Crippen LogP contribution is -2.30. The number of hydrogen-bond acceptors (Lipinski definition) is 6. The maximum Gasteiger partial charge on any atom is 0.306 e. The van der Waals surface area contributed by atoms with Crippen molar-refractivity contribution in [2.24, 2.45) is 0 Å². The van der Waals surface area contributed by atoms with Crippen molar-refractivity contribution < 1.29 is 28.9 Å². The Morgan fingerprint density at radius 3 is 1.36 bits per heavy atom. The van der Waals surface area contributed by atoms with Gasteiger partial charge in [-0.1, -0.05) is 142 Å². The molecule has 0 heterocycles. The predicted octanol–water partition coefficient (Wildman–Crippen LogP) is 13.1. The third-order valence-corrected chi connectivity index (χ3v) is 9.94. The van der Waals surface area contributed by atoms with E-state index in [4.69, 9.17) is 14.2 Å². The highest BCUT2D eigenvalue weighted by Gasteiger charge is 2.22. The average molecular weight is 711 g/mol. The summed E-state index contributed by atoms with van der Waals surface area (Å²) in [5.41, 5.74) is -0.474. The summed E-state index contributed by atoms with van der Waals surface area (Å²) in [5.74, 6) is -0.0889. The normalized spacial score (nSPS) is 13.1. The Kier molecular flexibility index (Phi) is 34.1. The zero-order valence-electron chi connectivity index (χ0n) is 34.3. The molecule has 2 atom stereocenters. The van der Waals surface area contributed by atoms with E-state index >= 15 is 0 Å². The van der Waals surface area contributed by atoms with Gasteiger partial charge in [-0.3, -0.25) is 9.59 Å². The van der Waals surface area contributed by atoms with Gasteiger partial charge in [-0.2, -0.15) is 0 Å². The zero-order chi connectivity index (χ0) is 37.1. The summed E-state index contributed by atoms with van der Waals surface area (Å²) >= 11 is 0. The summed E-state index contributed by atoms with van der Waals surface area (Å²) in [5, 5.41) is 10.1. The second-order valence-electron chi connectivity index (χ2n) is 16.1. The van der Waals surface area contributed by atoms with Gasteiger partial charge in [0.25, 0.3) is 0 Å². The molecule has 0 aliphatic carbocycles. The van der Waals surface area contributed by atoms with Crippen LogP contribution in [0.15, 0.2) is 0 Å². The van der Waals surface area contributed by atoms with Crippen molar-refractivity contribution in [3.8, 4) is 0 Å². The van der Waals surface area contributed by atoms with E-state index in [-0.39, 0.29) is 30.3 Å². The van der Waals surface area contributed by atoms with Gasteiger partial charge in [0.1, 0.15) is 11.7 Å². The van der Waals surface area contributed by atoms with Crippen molar-refractivity contribution in [1.82, 2.24) is 0 Å². The van der Waals surface area contributed by atoms with Crippen LogP contribution >= 0.6 is 0 Å². The van der Waals surface area contributed by atoms with Crippen LogP contribution in [-0.2, 0) is 23.8 Å². The molecule has 0 saturated carbocycles. The van der Waals surface area contributed by atoms with Gasteiger partial charge in [0, 0.05) is 19.3 Å². The van der Waals surface area contributed by atoms with Gasteiger partial charge < -0.3 is 19.3 Å². The van der Waals surface area contributed by atoms with Gasteiger partial charge in [0.15, 0.2) is 0 Å². The largest absolute Gasteiger partial charge is 0.462 e. The molecule has 50 heavy (non-hydrogen) atoms. The molecular formula is C44H86O6. The van der Waals surface area contributed by atoms with Gasteiger partial charge in [-0.25, -0.2) is 0 Å². The molecule has 0 aliphatic heterocycles. The van der Waals surface area contributed by atoms with Crippen LogP contribution in [0, 0.1) is 0 Å². The van der Waals surface area contributed by atoms with Gasteiger partial charge in [0.2, 0.25) is 0 Å². The van der Waals surface area contributed by atoms with Crippen molar-refractivity contribution in [3.63, 3.8) is 0 Å². The molecule has 0 aromatic carbocycles. The van der Waals surface area contributed by atoms with E-state index in [9.17, 15) is 14.7 Å². The lowest BCUT2D eigenvalue weighted by Gasteiger charge is -2.25. The molecule has 6 nitrogen and oxygen atoms in total. The quantitative estimate of drug-likeness (QED) is 0.0507. The highest BCUT2D eigenvalue weighted by molar-refractivity contribution is 5.70. The molecule has 0 amide bonds. The Labute approximate surface area is 311 Å². The highest BCUT2D eigenvalue weighted by atomic mass is 16.6. The third-order valence-electron chi connectivity index (χ3n) is 9.94. The molecule has 0 rings (SSSR count). The molecular weight excluding hydrogens is 624 g/mol. The number of ether oxygens (including phenoxy) is 3. The Hall–Kier alpha value is -1.14. The molecule has 0 radical (unpaired) electrons. The van der Waals surface area contributed by atoms with Crippen LogP contribution in [0.1, 0.15) is 241 Å². The monoisotopic (exact) mass is 711 g/mol. The maximum atomic E-state index is 12.7. The number of esters is 2. The number of unbranched alkanes of at least 4 members (excludes halogenated alkanes) is 20. The number of carbonyl (C=O) groups is 2. The summed E-state index contributed by atoms with van der Waals surface area (Å²) in [6.45, 7) is 13.0. The van der Waals surface area contributed by atoms with E-state index in [2.05, 4.69) is 13.8 Å². The molecule has 0 fully saturated rings. The molecule has 0 aromatic rings. The second-order valence-corrected chi connectivity index (χ2v) is 16.1. The number of aliphatic hydroxyl groups is 1. The van der Waals surface area contributed by atoms with Crippen LogP contribution < -0.4 is 0 Å². The van der Waals surface area contributed by atoms with Crippen molar-refractivity contribution >= 4 is 11.9 Å². The number of rotatable bonds is 38. The number of aliphatic hydroxyl groups excluding tert-OH is 1. The summed E-state index contributed by atoms with van der Waals surface area (Å²) in [4.78, 5) is 24.9. The van der Waals surface area contributed by atoms with Gasteiger partial charge >= 0.3 is 11.9 Å². The fourth-order valence-electron chi connectivity index (χ4n) is 6.62. The predicted molar refractivity (Wildman–Crippen MR) is 212 cm³/mol. The first-order valence-electron chi connectivity index (χ1n) is 21.8. The summed E-state index contributed by atoms with van der Waals surface area (Å²) < 4.78 is 17.3. The highest BCUT2D eigenvalue weighted by Crippen LogP contribution is 2.20. The van der Waals surface area contributed by atoms with Gasteiger partial charge in [0.05, 0.1) is 18.8 Å². The smallest absolute Gasteiger partial charge is 0.306 e. The van der Waals surface area contributed by atoms with E-state index in [0.29, 0.717) is 25.9 Å². The third kappa shape index (κ3) is 35.3. The standard InChI is InChI=1S/C44H86O6/c1-7-9-11-25-31-40(45)32-26-21-17-13-15-19-23-29-35-42(46)49-41(33-27-12-10-8-2)34-28-22-18-14-16-20-24-30-36-43(47)50-44(5,6)37-38-48-39(3)4/h39-41,45H,7-38H2,1-6H3. The Morgan fingerprint density at radius 1 is 0.540 bits per heavy atom. The fourth-order valence-corrected chi connectivity index (χ4v) is 6.62. The number of hydrogen-bond donors (Lipinski definition) is 1. The second kappa shape index (κ2) is 34.9. The minimum Gasteiger partial charge on any atom is -0.462 e. The Morgan fingerprint density at radius 2 is 0.920 bits per heavy atom. The van der Waals surface area contributed by atoms with Crippen molar-refractivity contribution in [3.05, 3.63) is 0 Å². The van der Waals surface area contributed by atoms with E-state index in [1.807, 2.05) is 27.7 Å². The lowest BCUT2D eigenvalue weighted by atomic mass is 10.0. The van der Waals surface area contributed by atoms with E-state index in [1.165, 1.54) is 109 Å². The maximum absolute atomic E-state index is 12.7. The fraction of sp³-hybridized carbons (Fsp3) is 0.955. The van der Waals surface area contributed by atoms with Crippen LogP contribution in [0.2, 0.25) is 0 Å². The topological polar surface area (TPSA) is 82.1 Å². The first-order chi connectivity index (χ1) is 24.1. The zero-order valence-corrected chi connectivity index (χ0v) is 34.3. The molecule has 6 heteroatoms. The first kappa shape index (κ1) is 48.9. The molecule has 0 aromatic heterocycles. The SMILES string of the molecule is CCCCCCC(O)CCCCCCCCCCC(=O)OC(CCCCCC)CCCCCCCCCCC(=O)OC(C)(C)CCOC(C)C. The lowest BCUT2D eigenvalue weighted by molar-refractivity contribution is -0.158. The summed E-state index contributed by atoms with van der Waals surface area (Å²) in [7, 11) is 0. The molecule has 0 bridgehead atoms. The van der Waals surface area contributed by atoms with Crippen molar-refractivity contribution in [1.29, 1.82) is 0 Å². The van der Waals surface area contributed by atoms with E-state index in [0.717, 1.165) is 70.6 Å². The van der Waals surface area contributed by atoms with Crippen LogP contribution in [-0.4, -0.2) is 47.6 Å². The molecule has 298 valence electrons. The van der Waals surface area contributed by atoms with Crippen LogP contribution in [0.25, 0.3) is 0 Å². The summed E-state index contributed by atoms with van der Waals surface area (Å²) in [6.07, 6.45) is 34.3.